The third-order valence-electron chi connectivity index (χ3n) is 5.84. The molecule has 3 heterocycles. The van der Waals surface area contributed by atoms with Crippen LogP contribution in [0.3, 0.4) is 0 Å². The summed E-state index contributed by atoms with van der Waals surface area (Å²) in [6.45, 7) is 3.01. The first kappa shape index (κ1) is 21.1. The molecule has 0 bridgehead atoms. The van der Waals surface area contributed by atoms with Crippen molar-refractivity contribution in [3.05, 3.63) is 72.2 Å². The molecule has 0 saturated carbocycles. The Bertz CT molecular complexity index is 1270. The van der Waals surface area contributed by atoms with Gasteiger partial charge in [0.05, 0.1) is 11.3 Å². The number of halogens is 1. The van der Waals surface area contributed by atoms with E-state index in [0.717, 1.165) is 25.2 Å². The molecule has 8 heteroatoms. The first-order chi connectivity index (χ1) is 16.0. The summed E-state index contributed by atoms with van der Waals surface area (Å²) >= 11 is 0. The van der Waals surface area contributed by atoms with Gasteiger partial charge in [0.15, 0.2) is 5.58 Å². The molecule has 2 N–H and O–H groups in total. The van der Waals surface area contributed by atoms with Gasteiger partial charge in [0.25, 0.3) is 11.9 Å². The Morgan fingerprint density at radius 3 is 2.76 bits per heavy atom. The monoisotopic (exact) mass is 445 g/mol. The van der Waals surface area contributed by atoms with Crippen LogP contribution in [-0.2, 0) is 0 Å². The van der Waals surface area contributed by atoms with Crippen LogP contribution in [0.4, 0.5) is 16.1 Å². The van der Waals surface area contributed by atoms with Crippen molar-refractivity contribution in [3.8, 4) is 11.3 Å². The molecule has 0 aliphatic carbocycles. The molecule has 1 aliphatic heterocycles. The number of carbonyl (C=O) groups excluding carboxylic acids is 1. The average molecular weight is 445 g/mol. The Morgan fingerprint density at radius 2 is 2.03 bits per heavy atom. The van der Waals surface area contributed by atoms with E-state index in [9.17, 15) is 9.18 Å². The van der Waals surface area contributed by atoms with Crippen LogP contribution in [0.2, 0.25) is 0 Å². The zero-order valence-corrected chi connectivity index (χ0v) is 18.2. The molecule has 0 radical (unpaired) electrons. The average Bonchev–Trinajstić information content (AvgIpc) is 3.43. The number of nitrogens with zero attached hydrogens (tertiary/aromatic N) is 3. The van der Waals surface area contributed by atoms with Gasteiger partial charge in [-0.25, -0.2) is 4.39 Å². The number of amides is 1. The smallest absolute Gasteiger partial charge is 0.295 e. The lowest BCUT2D eigenvalue weighted by Crippen LogP contribution is -2.19. The second kappa shape index (κ2) is 8.99. The zero-order valence-electron chi connectivity index (χ0n) is 18.2. The van der Waals surface area contributed by atoms with E-state index in [1.807, 2.05) is 0 Å². The Kier molecular flexibility index (Phi) is 5.75. The summed E-state index contributed by atoms with van der Waals surface area (Å²) in [6, 6.07) is 15.3. The number of nitrogens with one attached hydrogen (secondary N) is 2. The van der Waals surface area contributed by atoms with Crippen molar-refractivity contribution >= 4 is 28.7 Å². The van der Waals surface area contributed by atoms with E-state index in [1.54, 1.807) is 42.5 Å². The molecule has 1 saturated heterocycles. The van der Waals surface area contributed by atoms with Crippen molar-refractivity contribution in [2.75, 3.05) is 37.3 Å². The quantitative estimate of drug-likeness (QED) is 0.450. The summed E-state index contributed by atoms with van der Waals surface area (Å²) in [5.41, 5.74) is 3.81. The van der Waals surface area contributed by atoms with Gasteiger partial charge in [0, 0.05) is 30.5 Å². The van der Waals surface area contributed by atoms with Crippen molar-refractivity contribution in [2.45, 2.75) is 6.42 Å². The van der Waals surface area contributed by atoms with E-state index in [4.69, 9.17) is 4.42 Å². The lowest BCUT2D eigenvalue weighted by Gasteiger charge is -2.09. The predicted molar refractivity (Wildman–Crippen MR) is 126 cm³/mol. The van der Waals surface area contributed by atoms with Gasteiger partial charge in [-0.2, -0.15) is 4.98 Å². The fourth-order valence-electron chi connectivity index (χ4n) is 4.03. The van der Waals surface area contributed by atoms with Crippen LogP contribution in [0, 0.1) is 11.7 Å². The molecule has 1 amide bonds. The Morgan fingerprint density at radius 1 is 1.18 bits per heavy atom. The van der Waals surface area contributed by atoms with Gasteiger partial charge in [-0.1, -0.05) is 0 Å². The lowest BCUT2D eigenvalue weighted by molar-refractivity contribution is 0.102. The number of rotatable bonds is 6. The number of fused-ring (bicyclic) bond motifs is 1. The topological polar surface area (TPSA) is 83.3 Å². The van der Waals surface area contributed by atoms with Crippen LogP contribution < -0.4 is 10.6 Å². The van der Waals surface area contributed by atoms with E-state index in [1.165, 1.54) is 24.8 Å². The van der Waals surface area contributed by atoms with Crippen molar-refractivity contribution in [1.29, 1.82) is 0 Å². The first-order valence-corrected chi connectivity index (χ1v) is 10.9. The number of oxazole rings is 1. The standard InChI is InChI=1S/C25H24FN5O2/c1-31-11-10-16(15-31)13-28-25-30-22-12-20(7-9-23(22)33-25)29-24(32)18-4-8-21(27-14-18)17-2-5-19(26)6-3-17/h2-9,12,14,16H,10-11,13,15H2,1H3,(H,28,30)(H,29,32). The van der Waals surface area contributed by atoms with Crippen LogP contribution >= 0.6 is 0 Å². The third kappa shape index (κ3) is 4.85. The normalized spacial score (nSPS) is 16.2. The molecule has 1 fully saturated rings. The Balaban J connectivity index is 1.23. The molecule has 7 nitrogen and oxygen atoms in total. The molecule has 4 aromatic rings. The molecule has 1 atom stereocenters. The SMILES string of the molecule is CN1CCC(CNc2nc3cc(NC(=O)c4ccc(-c5ccc(F)cc5)nc4)ccc3o2)C1. The highest BCUT2D eigenvalue weighted by atomic mass is 19.1. The molecule has 5 rings (SSSR count). The summed E-state index contributed by atoms with van der Waals surface area (Å²) in [6.07, 6.45) is 2.67. The maximum absolute atomic E-state index is 13.1. The number of aromatic nitrogens is 2. The van der Waals surface area contributed by atoms with Crippen LogP contribution in [-0.4, -0.2) is 47.5 Å². The van der Waals surface area contributed by atoms with Gasteiger partial charge in [0.1, 0.15) is 11.3 Å². The molecule has 2 aromatic heterocycles. The van der Waals surface area contributed by atoms with Gasteiger partial charge >= 0.3 is 0 Å². The molecule has 168 valence electrons. The number of carbonyl (C=O) groups is 1. The third-order valence-corrected chi connectivity index (χ3v) is 5.84. The van der Waals surface area contributed by atoms with Gasteiger partial charge < -0.3 is 20.0 Å². The minimum atomic E-state index is -0.302. The zero-order chi connectivity index (χ0) is 22.8. The van der Waals surface area contributed by atoms with E-state index in [2.05, 4.69) is 32.5 Å². The molecule has 1 unspecified atom stereocenters. The molecular weight excluding hydrogens is 421 g/mol. The second-order valence-electron chi connectivity index (χ2n) is 8.39. The minimum Gasteiger partial charge on any atom is -0.424 e. The van der Waals surface area contributed by atoms with E-state index in [0.29, 0.717) is 40.0 Å². The second-order valence-corrected chi connectivity index (χ2v) is 8.39. The van der Waals surface area contributed by atoms with Crippen LogP contribution in [0.5, 0.6) is 0 Å². The highest BCUT2D eigenvalue weighted by molar-refractivity contribution is 6.04. The van der Waals surface area contributed by atoms with E-state index < -0.39 is 0 Å². The molecular formula is C25H24FN5O2. The largest absolute Gasteiger partial charge is 0.424 e. The van der Waals surface area contributed by atoms with E-state index in [-0.39, 0.29) is 11.7 Å². The van der Waals surface area contributed by atoms with Crippen LogP contribution in [0.15, 0.2) is 65.2 Å². The lowest BCUT2D eigenvalue weighted by atomic mass is 10.1. The summed E-state index contributed by atoms with van der Waals surface area (Å²) in [5, 5.41) is 6.16. The van der Waals surface area contributed by atoms with Crippen LogP contribution in [0.25, 0.3) is 22.4 Å². The molecule has 33 heavy (non-hydrogen) atoms. The predicted octanol–water partition coefficient (Wildman–Crippen LogP) is 4.64. The number of pyridine rings is 1. The first-order valence-electron chi connectivity index (χ1n) is 10.9. The number of benzene rings is 2. The van der Waals surface area contributed by atoms with Crippen molar-refractivity contribution in [1.82, 2.24) is 14.9 Å². The number of hydrogen-bond donors (Lipinski definition) is 2. The summed E-state index contributed by atoms with van der Waals surface area (Å²) in [7, 11) is 2.13. The van der Waals surface area contributed by atoms with Crippen molar-refractivity contribution in [3.63, 3.8) is 0 Å². The fraction of sp³-hybridized carbons (Fsp3) is 0.240. The molecule has 2 aromatic carbocycles. The Hall–Kier alpha value is -3.78. The van der Waals surface area contributed by atoms with Gasteiger partial charge in [-0.3, -0.25) is 9.78 Å². The molecule has 1 aliphatic rings. The minimum absolute atomic E-state index is 0.278. The summed E-state index contributed by atoms with van der Waals surface area (Å²) in [4.78, 5) is 23.8. The summed E-state index contributed by atoms with van der Waals surface area (Å²) < 4.78 is 18.9. The van der Waals surface area contributed by atoms with Crippen molar-refractivity contribution in [2.24, 2.45) is 5.92 Å². The van der Waals surface area contributed by atoms with E-state index >= 15 is 0 Å². The maximum Gasteiger partial charge on any atom is 0.295 e. The number of likely N-dealkylation sites (tertiary alicyclic amines) is 1. The number of anilines is 2. The number of hydrogen-bond acceptors (Lipinski definition) is 6. The summed E-state index contributed by atoms with van der Waals surface area (Å²) in [5.74, 6) is 0.00555. The van der Waals surface area contributed by atoms with Gasteiger partial charge in [-0.15, -0.1) is 0 Å². The Labute approximate surface area is 190 Å². The molecule has 0 spiro atoms. The van der Waals surface area contributed by atoms with Crippen molar-refractivity contribution < 1.29 is 13.6 Å². The van der Waals surface area contributed by atoms with Crippen LogP contribution in [0.1, 0.15) is 16.8 Å². The fourth-order valence-corrected chi connectivity index (χ4v) is 4.03. The highest BCUT2D eigenvalue weighted by Gasteiger charge is 2.20. The maximum atomic E-state index is 13.1. The van der Waals surface area contributed by atoms with Gasteiger partial charge in [0.2, 0.25) is 0 Å². The highest BCUT2D eigenvalue weighted by Crippen LogP contribution is 2.24. The van der Waals surface area contributed by atoms with Gasteiger partial charge in [-0.05, 0) is 80.5 Å².